The van der Waals surface area contributed by atoms with Crippen LogP contribution in [0, 0.1) is 0 Å². The van der Waals surface area contributed by atoms with Crippen molar-refractivity contribution in [3.05, 3.63) is 47.8 Å². The quantitative estimate of drug-likeness (QED) is 0.772. The number of rotatable bonds is 2. The van der Waals surface area contributed by atoms with E-state index < -0.39 is 17.8 Å². The number of benzene rings is 1. The molecule has 2 rings (SSSR count). The van der Waals surface area contributed by atoms with Gasteiger partial charge in [-0.15, -0.1) is 0 Å². The normalized spacial score (nSPS) is 22.7. The number of amides is 1. The number of carbonyl (C=O) groups is 1. The Hall–Kier alpha value is -1.68. The summed E-state index contributed by atoms with van der Waals surface area (Å²) in [6, 6.07) is 7.07. The SMILES string of the molecule is C=C(F)C(=O)N[C@H]1CC[C@@H](O)c2ccccc21. The van der Waals surface area contributed by atoms with Crippen molar-refractivity contribution in [3.8, 4) is 0 Å². The maximum absolute atomic E-state index is 12.6. The second kappa shape index (κ2) is 4.67. The molecule has 0 spiro atoms. The van der Waals surface area contributed by atoms with Crippen LogP contribution in [0.25, 0.3) is 0 Å². The molecule has 0 unspecified atom stereocenters. The van der Waals surface area contributed by atoms with Crippen LogP contribution in [0.2, 0.25) is 0 Å². The van der Waals surface area contributed by atoms with Gasteiger partial charge in [0.05, 0.1) is 12.1 Å². The molecule has 3 nitrogen and oxygen atoms in total. The molecule has 2 atom stereocenters. The lowest BCUT2D eigenvalue weighted by Crippen LogP contribution is -2.31. The molecule has 1 amide bonds. The number of hydrogen-bond donors (Lipinski definition) is 2. The van der Waals surface area contributed by atoms with Crippen LogP contribution in [0.3, 0.4) is 0 Å². The second-order valence-electron chi connectivity index (χ2n) is 4.15. The molecule has 0 heterocycles. The number of aliphatic hydroxyl groups excluding tert-OH is 1. The first-order chi connectivity index (χ1) is 8.09. The summed E-state index contributed by atoms with van der Waals surface area (Å²) in [5, 5.41) is 12.4. The van der Waals surface area contributed by atoms with Crippen molar-refractivity contribution >= 4 is 5.91 Å². The number of carbonyl (C=O) groups excluding carboxylic acids is 1. The Morgan fingerprint density at radius 3 is 2.65 bits per heavy atom. The number of hydrogen-bond acceptors (Lipinski definition) is 2. The van der Waals surface area contributed by atoms with Crippen molar-refractivity contribution in [2.45, 2.75) is 25.0 Å². The van der Waals surface area contributed by atoms with Gasteiger partial charge >= 0.3 is 0 Å². The summed E-state index contributed by atoms with van der Waals surface area (Å²) in [7, 11) is 0. The van der Waals surface area contributed by atoms with Crippen molar-refractivity contribution in [3.63, 3.8) is 0 Å². The minimum Gasteiger partial charge on any atom is -0.388 e. The summed E-state index contributed by atoms with van der Waals surface area (Å²) < 4.78 is 12.6. The fourth-order valence-corrected chi connectivity index (χ4v) is 2.15. The average molecular weight is 235 g/mol. The molecule has 0 saturated carbocycles. The molecule has 1 aromatic rings. The van der Waals surface area contributed by atoms with Crippen LogP contribution in [-0.4, -0.2) is 11.0 Å². The van der Waals surface area contributed by atoms with Crippen LogP contribution in [0.15, 0.2) is 36.7 Å². The van der Waals surface area contributed by atoms with Gasteiger partial charge in [0.2, 0.25) is 0 Å². The summed E-state index contributed by atoms with van der Waals surface area (Å²) in [5.74, 6) is -1.78. The highest BCUT2D eigenvalue weighted by Crippen LogP contribution is 2.35. The van der Waals surface area contributed by atoms with E-state index in [0.717, 1.165) is 11.1 Å². The lowest BCUT2D eigenvalue weighted by molar-refractivity contribution is -0.119. The van der Waals surface area contributed by atoms with E-state index in [1.54, 1.807) is 0 Å². The van der Waals surface area contributed by atoms with E-state index in [2.05, 4.69) is 11.9 Å². The molecule has 1 aromatic carbocycles. The Morgan fingerprint density at radius 2 is 2.00 bits per heavy atom. The molecule has 0 fully saturated rings. The zero-order chi connectivity index (χ0) is 12.4. The molecule has 1 aliphatic carbocycles. The lowest BCUT2D eigenvalue weighted by atomic mass is 9.86. The zero-order valence-electron chi connectivity index (χ0n) is 9.32. The highest BCUT2D eigenvalue weighted by Gasteiger charge is 2.26. The second-order valence-corrected chi connectivity index (χ2v) is 4.15. The third-order valence-corrected chi connectivity index (χ3v) is 3.01. The molecule has 2 N–H and O–H groups in total. The summed E-state index contributed by atoms with van der Waals surface area (Å²) in [6.07, 6.45) is 0.644. The van der Waals surface area contributed by atoms with Crippen molar-refractivity contribution in [2.75, 3.05) is 0 Å². The molecular weight excluding hydrogens is 221 g/mol. The van der Waals surface area contributed by atoms with Crippen LogP contribution in [0.1, 0.15) is 36.1 Å². The summed E-state index contributed by atoms with van der Waals surface area (Å²) in [6.45, 7) is 2.96. The van der Waals surface area contributed by atoms with Crippen LogP contribution < -0.4 is 5.32 Å². The maximum atomic E-state index is 12.6. The monoisotopic (exact) mass is 235 g/mol. The van der Waals surface area contributed by atoms with E-state index in [9.17, 15) is 14.3 Å². The fraction of sp³-hybridized carbons (Fsp3) is 0.308. The van der Waals surface area contributed by atoms with Gasteiger partial charge in [0.25, 0.3) is 5.91 Å². The smallest absolute Gasteiger partial charge is 0.279 e. The maximum Gasteiger partial charge on any atom is 0.279 e. The average Bonchev–Trinajstić information content (AvgIpc) is 2.33. The lowest BCUT2D eigenvalue weighted by Gasteiger charge is -2.29. The topological polar surface area (TPSA) is 49.3 Å². The van der Waals surface area contributed by atoms with Crippen molar-refractivity contribution < 1.29 is 14.3 Å². The summed E-state index contributed by atoms with van der Waals surface area (Å²) in [4.78, 5) is 11.3. The van der Waals surface area contributed by atoms with Gasteiger partial charge in [-0.25, -0.2) is 4.39 Å². The number of fused-ring (bicyclic) bond motifs is 1. The van der Waals surface area contributed by atoms with Crippen molar-refractivity contribution in [1.29, 1.82) is 0 Å². The molecule has 17 heavy (non-hydrogen) atoms. The van der Waals surface area contributed by atoms with E-state index in [1.807, 2.05) is 24.3 Å². The predicted molar refractivity (Wildman–Crippen MR) is 61.8 cm³/mol. The van der Waals surface area contributed by atoms with Gasteiger partial charge in [-0.2, -0.15) is 0 Å². The fourth-order valence-electron chi connectivity index (χ4n) is 2.15. The summed E-state index contributed by atoms with van der Waals surface area (Å²) in [5.41, 5.74) is 1.65. The third-order valence-electron chi connectivity index (χ3n) is 3.01. The first-order valence-electron chi connectivity index (χ1n) is 5.51. The number of nitrogens with one attached hydrogen (secondary N) is 1. The van der Waals surface area contributed by atoms with Crippen molar-refractivity contribution in [1.82, 2.24) is 5.32 Å². The Morgan fingerprint density at radius 1 is 1.35 bits per heavy atom. The van der Waals surface area contributed by atoms with E-state index in [4.69, 9.17) is 0 Å². The van der Waals surface area contributed by atoms with E-state index in [0.29, 0.717) is 12.8 Å². The standard InChI is InChI=1S/C13H14FNO2/c1-8(14)13(17)15-11-6-7-12(16)10-5-3-2-4-9(10)11/h2-5,11-12,16H,1,6-7H2,(H,15,17)/t11-,12+/m0/s1. The molecule has 0 radical (unpaired) electrons. The first-order valence-corrected chi connectivity index (χ1v) is 5.51. The number of aliphatic hydroxyl groups is 1. The van der Waals surface area contributed by atoms with Gasteiger partial charge in [0.15, 0.2) is 5.83 Å². The van der Waals surface area contributed by atoms with Gasteiger partial charge in [-0.3, -0.25) is 4.79 Å². The molecule has 0 aromatic heterocycles. The zero-order valence-corrected chi connectivity index (χ0v) is 9.32. The Balaban J connectivity index is 2.24. The highest BCUT2D eigenvalue weighted by molar-refractivity contribution is 5.90. The molecule has 1 aliphatic rings. The first kappa shape index (κ1) is 11.8. The van der Waals surface area contributed by atoms with Crippen LogP contribution in [-0.2, 0) is 4.79 Å². The van der Waals surface area contributed by atoms with Crippen LogP contribution >= 0.6 is 0 Å². The van der Waals surface area contributed by atoms with Crippen molar-refractivity contribution in [2.24, 2.45) is 0 Å². The Labute approximate surface area is 99.0 Å². The molecular formula is C13H14FNO2. The Kier molecular flexibility index (Phi) is 3.24. The number of halogens is 1. The highest BCUT2D eigenvalue weighted by atomic mass is 19.1. The van der Waals surface area contributed by atoms with Gasteiger partial charge in [-0.1, -0.05) is 30.8 Å². The van der Waals surface area contributed by atoms with Gasteiger partial charge < -0.3 is 10.4 Å². The molecule has 4 heteroatoms. The van der Waals surface area contributed by atoms with Gasteiger partial charge in [0, 0.05) is 0 Å². The summed E-state index contributed by atoms with van der Waals surface area (Å²) >= 11 is 0. The van der Waals surface area contributed by atoms with E-state index in [-0.39, 0.29) is 6.04 Å². The molecule has 0 bridgehead atoms. The predicted octanol–water partition coefficient (Wildman–Crippen LogP) is 2.15. The van der Waals surface area contributed by atoms with Crippen LogP contribution in [0.5, 0.6) is 0 Å². The van der Waals surface area contributed by atoms with E-state index >= 15 is 0 Å². The largest absolute Gasteiger partial charge is 0.388 e. The third kappa shape index (κ3) is 2.36. The molecule has 0 saturated heterocycles. The minimum atomic E-state index is -0.992. The Bertz CT molecular complexity index is 458. The molecule has 0 aliphatic heterocycles. The molecule has 90 valence electrons. The van der Waals surface area contributed by atoms with Crippen LogP contribution in [0.4, 0.5) is 4.39 Å². The minimum absolute atomic E-state index is 0.255. The van der Waals surface area contributed by atoms with Gasteiger partial charge in [0.1, 0.15) is 0 Å². The van der Waals surface area contributed by atoms with Gasteiger partial charge in [-0.05, 0) is 24.0 Å². The van der Waals surface area contributed by atoms with E-state index in [1.165, 1.54) is 0 Å².